The van der Waals surface area contributed by atoms with E-state index in [1.165, 1.54) is 18.4 Å². The molecule has 0 spiro atoms. The first kappa shape index (κ1) is 13.6. The number of nitrogens with zero attached hydrogens (tertiary/aromatic N) is 2. The molecule has 0 atom stereocenters. The molecular formula is C18H19N3. The number of hydrogen-bond donors (Lipinski definition) is 1. The quantitative estimate of drug-likeness (QED) is 0.776. The zero-order valence-corrected chi connectivity index (χ0v) is 12.2. The summed E-state index contributed by atoms with van der Waals surface area (Å²) in [7, 11) is 0. The fourth-order valence-corrected chi connectivity index (χ4v) is 2.48. The van der Waals surface area contributed by atoms with Crippen LogP contribution in [0.15, 0.2) is 48.7 Å². The number of anilines is 1. The molecule has 2 N–H and O–H groups in total. The van der Waals surface area contributed by atoms with E-state index in [1.54, 1.807) is 6.20 Å². The summed E-state index contributed by atoms with van der Waals surface area (Å²) in [5.41, 5.74) is 11.2. The molecule has 0 amide bonds. The molecule has 0 bridgehead atoms. The van der Waals surface area contributed by atoms with Gasteiger partial charge in [0.25, 0.3) is 0 Å². The second-order valence-corrected chi connectivity index (χ2v) is 5.26. The van der Waals surface area contributed by atoms with E-state index in [0.717, 1.165) is 28.6 Å². The van der Waals surface area contributed by atoms with Crippen LogP contribution in [0.3, 0.4) is 0 Å². The van der Waals surface area contributed by atoms with Crippen molar-refractivity contribution < 1.29 is 0 Å². The SMILES string of the molecule is CCCCc1ccc(-c2cc3ncccc3nc2N)cc1. The van der Waals surface area contributed by atoms with Gasteiger partial charge in [-0.15, -0.1) is 0 Å². The highest BCUT2D eigenvalue weighted by atomic mass is 14.9. The van der Waals surface area contributed by atoms with Gasteiger partial charge in [0.15, 0.2) is 0 Å². The van der Waals surface area contributed by atoms with Crippen LogP contribution in [0.5, 0.6) is 0 Å². The van der Waals surface area contributed by atoms with Gasteiger partial charge in [0.1, 0.15) is 5.82 Å². The number of unbranched alkanes of at least 4 members (excludes halogenated alkanes) is 1. The van der Waals surface area contributed by atoms with Crippen molar-refractivity contribution >= 4 is 16.9 Å². The Labute approximate surface area is 124 Å². The lowest BCUT2D eigenvalue weighted by molar-refractivity contribution is 0.795. The number of benzene rings is 1. The molecule has 2 heterocycles. The summed E-state index contributed by atoms with van der Waals surface area (Å²) in [5, 5.41) is 0. The van der Waals surface area contributed by atoms with Crippen LogP contribution in [0.4, 0.5) is 5.82 Å². The Morgan fingerprint density at radius 1 is 1.05 bits per heavy atom. The van der Waals surface area contributed by atoms with Crippen LogP contribution in [-0.2, 0) is 6.42 Å². The molecule has 21 heavy (non-hydrogen) atoms. The number of fused-ring (bicyclic) bond motifs is 1. The Morgan fingerprint density at radius 2 is 1.86 bits per heavy atom. The van der Waals surface area contributed by atoms with Crippen molar-refractivity contribution in [1.29, 1.82) is 0 Å². The number of nitrogens with two attached hydrogens (primary N) is 1. The molecule has 0 saturated carbocycles. The largest absolute Gasteiger partial charge is 0.383 e. The predicted octanol–water partition coefficient (Wildman–Crippen LogP) is 4.22. The minimum Gasteiger partial charge on any atom is -0.383 e. The number of hydrogen-bond acceptors (Lipinski definition) is 3. The van der Waals surface area contributed by atoms with Gasteiger partial charge < -0.3 is 5.73 Å². The van der Waals surface area contributed by atoms with Crippen LogP contribution < -0.4 is 5.73 Å². The molecule has 0 unspecified atom stereocenters. The van der Waals surface area contributed by atoms with Gasteiger partial charge >= 0.3 is 0 Å². The Morgan fingerprint density at radius 3 is 2.62 bits per heavy atom. The second kappa shape index (κ2) is 5.92. The third-order valence-corrected chi connectivity index (χ3v) is 3.70. The van der Waals surface area contributed by atoms with Crippen LogP contribution in [0.1, 0.15) is 25.3 Å². The van der Waals surface area contributed by atoms with Gasteiger partial charge in [-0.3, -0.25) is 4.98 Å². The average molecular weight is 277 g/mol. The molecule has 3 aromatic rings. The second-order valence-electron chi connectivity index (χ2n) is 5.26. The van der Waals surface area contributed by atoms with Crippen molar-refractivity contribution in [2.45, 2.75) is 26.2 Å². The minimum absolute atomic E-state index is 0.553. The molecule has 1 aromatic carbocycles. The van der Waals surface area contributed by atoms with Crippen LogP contribution in [-0.4, -0.2) is 9.97 Å². The topological polar surface area (TPSA) is 51.8 Å². The summed E-state index contributed by atoms with van der Waals surface area (Å²) in [5.74, 6) is 0.553. The normalized spacial score (nSPS) is 10.9. The summed E-state index contributed by atoms with van der Waals surface area (Å²) >= 11 is 0. The highest BCUT2D eigenvalue weighted by molar-refractivity contribution is 5.86. The van der Waals surface area contributed by atoms with Crippen molar-refractivity contribution in [3.63, 3.8) is 0 Å². The zero-order valence-electron chi connectivity index (χ0n) is 12.2. The maximum Gasteiger partial charge on any atom is 0.132 e. The number of aryl methyl sites for hydroxylation is 1. The molecule has 2 aromatic heterocycles. The Kier molecular flexibility index (Phi) is 3.82. The van der Waals surface area contributed by atoms with Crippen molar-refractivity contribution in [3.05, 3.63) is 54.2 Å². The Balaban J connectivity index is 1.97. The van der Waals surface area contributed by atoms with E-state index >= 15 is 0 Å². The van der Waals surface area contributed by atoms with E-state index < -0.39 is 0 Å². The first-order chi connectivity index (χ1) is 10.3. The molecule has 106 valence electrons. The highest BCUT2D eigenvalue weighted by Crippen LogP contribution is 2.27. The first-order valence-corrected chi connectivity index (χ1v) is 7.38. The number of aromatic nitrogens is 2. The van der Waals surface area contributed by atoms with Gasteiger partial charge in [-0.05, 0) is 42.2 Å². The van der Waals surface area contributed by atoms with E-state index in [0.29, 0.717) is 5.82 Å². The monoisotopic (exact) mass is 277 g/mol. The maximum absolute atomic E-state index is 6.10. The van der Waals surface area contributed by atoms with Crippen LogP contribution in [0.25, 0.3) is 22.2 Å². The Bertz CT molecular complexity index is 748. The summed E-state index contributed by atoms with van der Waals surface area (Å²) in [6, 6.07) is 14.4. The van der Waals surface area contributed by atoms with Gasteiger partial charge in [-0.2, -0.15) is 0 Å². The fraction of sp³-hybridized carbons (Fsp3) is 0.222. The fourth-order valence-electron chi connectivity index (χ4n) is 2.48. The van der Waals surface area contributed by atoms with E-state index in [4.69, 9.17) is 5.73 Å². The van der Waals surface area contributed by atoms with Crippen molar-refractivity contribution in [2.75, 3.05) is 5.73 Å². The van der Waals surface area contributed by atoms with Crippen molar-refractivity contribution in [1.82, 2.24) is 9.97 Å². The lowest BCUT2D eigenvalue weighted by Crippen LogP contribution is -1.96. The molecule has 0 fully saturated rings. The van der Waals surface area contributed by atoms with E-state index in [2.05, 4.69) is 41.2 Å². The zero-order chi connectivity index (χ0) is 14.7. The number of nitrogen functional groups attached to an aromatic ring is 1. The molecule has 0 radical (unpaired) electrons. The minimum atomic E-state index is 0.553. The molecule has 0 aliphatic heterocycles. The van der Waals surface area contributed by atoms with Crippen LogP contribution >= 0.6 is 0 Å². The molecule has 3 heteroatoms. The summed E-state index contributed by atoms with van der Waals surface area (Å²) < 4.78 is 0. The molecule has 0 saturated heterocycles. The van der Waals surface area contributed by atoms with Gasteiger partial charge in [-0.1, -0.05) is 37.6 Å². The smallest absolute Gasteiger partial charge is 0.132 e. The van der Waals surface area contributed by atoms with Crippen LogP contribution in [0, 0.1) is 0 Å². The summed E-state index contributed by atoms with van der Waals surface area (Å²) in [6.07, 6.45) is 5.35. The van der Waals surface area contributed by atoms with Gasteiger partial charge in [0.2, 0.25) is 0 Å². The first-order valence-electron chi connectivity index (χ1n) is 7.38. The summed E-state index contributed by atoms with van der Waals surface area (Å²) in [6.45, 7) is 2.21. The van der Waals surface area contributed by atoms with E-state index in [1.807, 2.05) is 18.2 Å². The van der Waals surface area contributed by atoms with E-state index in [-0.39, 0.29) is 0 Å². The van der Waals surface area contributed by atoms with Crippen molar-refractivity contribution in [2.24, 2.45) is 0 Å². The lowest BCUT2D eigenvalue weighted by atomic mass is 10.0. The predicted molar refractivity (Wildman–Crippen MR) is 88.0 cm³/mol. The highest BCUT2D eigenvalue weighted by Gasteiger charge is 2.07. The van der Waals surface area contributed by atoms with Crippen LogP contribution in [0.2, 0.25) is 0 Å². The third kappa shape index (κ3) is 2.87. The van der Waals surface area contributed by atoms with E-state index in [9.17, 15) is 0 Å². The molecule has 0 aliphatic carbocycles. The third-order valence-electron chi connectivity index (χ3n) is 3.70. The standard InChI is InChI=1S/C18H19N3/c1-2-3-5-13-7-9-14(10-8-13)15-12-17-16(21-18(15)19)6-4-11-20-17/h4,6-12H,2-3,5H2,1H3,(H2,19,21). The summed E-state index contributed by atoms with van der Waals surface area (Å²) in [4.78, 5) is 8.79. The van der Waals surface area contributed by atoms with Gasteiger partial charge in [0.05, 0.1) is 11.0 Å². The van der Waals surface area contributed by atoms with Crippen molar-refractivity contribution in [3.8, 4) is 11.1 Å². The lowest BCUT2D eigenvalue weighted by Gasteiger charge is -2.08. The molecule has 3 rings (SSSR count). The average Bonchev–Trinajstić information content (AvgIpc) is 2.53. The Hall–Kier alpha value is -2.42. The molecule has 0 aliphatic rings. The molecular weight excluding hydrogens is 258 g/mol. The van der Waals surface area contributed by atoms with Gasteiger partial charge in [0, 0.05) is 11.8 Å². The maximum atomic E-state index is 6.10. The molecule has 3 nitrogen and oxygen atoms in total. The number of pyridine rings is 2. The van der Waals surface area contributed by atoms with Gasteiger partial charge in [-0.25, -0.2) is 4.98 Å². The number of rotatable bonds is 4.